The van der Waals surface area contributed by atoms with Crippen molar-refractivity contribution in [2.75, 3.05) is 44.7 Å². The number of thioether (sulfide) groups is 1. The highest BCUT2D eigenvalue weighted by Crippen LogP contribution is 2.34. The van der Waals surface area contributed by atoms with Crippen molar-refractivity contribution in [3.63, 3.8) is 0 Å². The van der Waals surface area contributed by atoms with Crippen LogP contribution in [0.25, 0.3) is 11.7 Å². The Morgan fingerprint density at radius 1 is 1.22 bits per heavy atom. The summed E-state index contributed by atoms with van der Waals surface area (Å²) in [6.07, 6.45) is 4.31. The number of amides is 1. The van der Waals surface area contributed by atoms with Gasteiger partial charge in [-0.15, -0.1) is 0 Å². The van der Waals surface area contributed by atoms with Gasteiger partial charge in [0.1, 0.15) is 15.8 Å². The predicted molar refractivity (Wildman–Crippen MR) is 135 cm³/mol. The zero-order valence-corrected chi connectivity index (χ0v) is 20.6. The van der Waals surface area contributed by atoms with Crippen molar-refractivity contribution >= 4 is 51.7 Å². The molecule has 2 aromatic heterocycles. The molecule has 2 aromatic rings. The van der Waals surface area contributed by atoms with Crippen LogP contribution in [0.2, 0.25) is 0 Å². The van der Waals surface area contributed by atoms with Crippen LogP contribution in [0.4, 0.5) is 5.82 Å². The van der Waals surface area contributed by atoms with E-state index in [1.807, 2.05) is 19.1 Å². The molecule has 2 fully saturated rings. The third-order valence-electron chi connectivity index (χ3n) is 5.95. The summed E-state index contributed by atoms with van der Waals surface area (Å²) < 4.78 is 2.12. The second-order valence-electron chi connectivity index (χ2n) is 8.85. The molecular weight excluding hydrogens is 442 g/mol. The lowest BCUT2D eigenvalue weighted by atomic mass is 10.1. The van der Waals surface area contributed by atoms with E-state index in [9.17, 15) is 9.59 Å². The molecule has 170 valence electrons. The number of carbonyl (C=O) groups excluding carboxylic acids is 1. The smallest absolute Gasteiger partial charge is 0.267 e. The summed E-state index contributed by atoms with van der Waals surface area (Å²) in [5.74, 6) is 0.994. The van der Waals surface area contributed by atoms with E-state index in [2.05, 4.69) is 30.7 Å². The number of piperazine rings is 1. The van der Waals surface area contributed by atoms with Crippen LogP contribution >= 0.6 is 24.0 Å². The van der Waals surface area contributed by atoms with Gasteiger partial charge in [0, 0.05) is 38.9 Å². The van der Waals surface area contributed by atoms with E-state index >= 15 is 0 Å². The molecule has 1 amide bonds. The Labute approximate surface area is 198 Å². The minimum absolute atomic E-state index is 0.126. The summed E-state index contributed by atoms with van der Waals surface area (Å²) in [5, 5.41) is 0. The van der Waals surface area contributed by atoms with Crippen molar-refractivity contribution in [2.24, 2.45) is 5.92 Å². The van der Waals surface area contributed by atoms with E-state index in [1.54, 1.807) is 21.6 Å². The molecule has 0 atom stereocenters. The van der Waals surface area contributed by atoms with Gasteiger partial charge in [-0.05, 0) is 44.0 Å². The number of aromatic nitrogens is 2. The van der Waals surface area contributed by atoms with Gasteiger partial charge in [-0.3, -0.25) is 18.9 Å². The maximum Gasteiger partial charge on any atom is 0.267 e. The zero-order chi connectivity index (χ0) is 23.0. The first-order valence-corrected chi connectivity index (χ1v) is 12.2. The van der Waals surface area contributed by atoms with Crippen LogP contribution in [0.3, 0.4) is 0 Å². The summed E-state index contributed by atoms with van der Waals surface area (Å²) in [5.41, 5.74) is 1.86. The molecule has 0 aliphatic carbocycles. The van der Waals surface area contributed by atoms with E-state index in [0.29, 0.717) is 38.7 Å². The Bertz CT molecular complexity index is 1150. The van der Waals surface area contributed by atoms with Crippen LogP contribution in [0.15, 0.2) is 28.0 Å². The minimum atomic E-state index is -0.167. The van der Waals surface area contributed by atoms with Crippen molar-refractivity contribution in [3.05, 3.63) is 44.7 Å². The van der Waals surface area contributed by atoms with Crippen molar-refractivity contribution in [3.8, 4) is 0 Å². The summed E-state index contributed by atoms with van der Waals surface area (Å²) in [6.45, 7) is 10.1. The van der Waals surface area contributed by atoms with Gasteiger partial charge in [0.05, 0.1) is 10.5 Å². The summed E-state index contributed by atoms with van der Waals surface area (Å²) in [4.78, 5) is 38.1. The first-order chi connectivity index (χ1) is 15.3. The number of fused-ring (bicyclic) bond motifs is 1. The number of aryl methyl sites for hydroxylation is 1. The van der Waals surface area contributed by atoms with Crippen molar-refractivity contribution in [1.29, 1.82) is 0 Å². The first-order valence-electron chi connectivity index (χ1n) is 11.0. The third kappa shape index (κ3) is 4.46. The second kappa shape index (κ2) is 9.33. The lowest BCUT2D eigenvalue weighted by molar-refractivity contribution is -0.122. The Morgan fingerprint density at radius 3 is 2.62 bits per heavy atom. The van der Waals surface area contributed by atoms with Crippen LogP contribution in [-0.2, 0) is 4.79 Å². The van der Waals surface area contributed by atoms with Crippen molar-refractivity contribution in [2.45, 2.75) is 27.2 Å². The van der Waals surface area contributed by atoms with Gasteiger partial charge in [0.2, 0.25) is 0 Å². The first kappa shape index (κ1) is 22.9. The Kier molecular flexibility index (Phi) is 6.69. The molecule has 7 nitrogen and oxygen atoms in total. The van der Waals surface area contributed by atoms with Gasteiger partial charge in [0.25, 0.3) is 11.5 Å². The molecule has 2 aliphatic heterocycles. The van der Waals surface area contributed by atoms with Gasteiger partial charge >= 0.3 is 0 Å². The molecule has 0 spiro atoms. The van der Waals surface area contributed by atoms with E-state index in [-0.39, 0.29) is 11.5 Å². The maximum atomic E-state index is 13.6. The normalized spacial score (nSPS) is 19.2. The zero-order valence-electron chi connectivity index (χ0n) is 19.0. The quantitative estimate of drug-likeness (QED) is 0.491. The average molecular weight is 472 g/mol. The largest absolute Gasteiger partial charge is 0.353 e. The monoisotopic (exact) mass is 471 g/mol. The number of thiocarbonyl (C=S) groups is 1. The molecule has 2 aliphatic rings. The third-order valence-corrected chi connectivity index (χ3v) is 7.32. The van der Waals surface area contributed by atoms with Crippen LogP contribution in [0.1, 0.15) is 31.4 Å². The molecule has 2 saturated heterocycles. The fourth-order valence-corrected chi connectivity index (χ4v) is 5.19. The Balaban J connectivity index is 1.80. The predicted octanol–water partition coefficient (Wildman–Crippen LogP) is 3.00. The van der Waals surface area contributed by atoms with Gasteiger partial charge in [-0.25, -0.2) is 4.98 Å². The Hall–Kier alpha value is -2.23. The molecule has 0 unspecified atom stereocenters. The van der Waals surface area contributed by atoms with Gasteiger partial charge < -0.3 is 9.80 Å². The summed E-state index contributed by atoms with van der Waals surface area (Å²) in [6, 6.07) is 3.80. The van der Waals surface area contributed by atoms with E-state index < -0.39 is 0 Å². The van der Waals surface area contributed by atoms with Crippen molar-refractivity contribution in [1.82, 2.24) is 19.2 Å². The highest BCUT2D eigenvalue weighted by molar-refractivity contribution is 8.26. The van der Waals surface area contributed by atoms with Crippen LogP contribution < -0.4 is 10.5 Å². The fourth-order valence-electron chi connectivity index (χ4n) is 3.90. The number of likely N-dealkylation sites (N-methyl/N-ethyl adjacent to an activating group) is 1. The topological polar surface area (TPSA) is 61.2 Å². The lowest BCUT2D eigenvalue weighted by Gasteiger charge is -2.34. The van der Waals surface area contributed by atoms with Crippen LogP contribution in [0.5, 0.6) is 0 Å². The molecule has 0 bridgehead atoms. The van der Waals surface area contributed by atoms with Crippen molar-refractivity contribution < 1.29 is 4.79 Å². The molecule has 0 saturated carbocycles. The molecule has 0 radical (unpaired) electrons. The standard InChI is InChI=1S/C23H29N5O2S2/c1-15(2)7-9-28-22(30)18(32-23(28)31)14-17-20(26-12-10-25(4)11-13-26)24-19-16(3)6-5-8-27(19)21(17)29/h5-6,8,14-15H,7,9-13H2,1-4H3. The number of carbonyl (C=O) groups is 1. The van der Waals surface area contributed by atoms with E-state index in [0.717, 1.165) is 38.2 Å². The Morgan fingerprint density at radius 2 is 1.94 bits per heavy atom. The summed E-state index contributed by atoms with van der Waals surface area (Å²) in [7, 11) is 2.09. The van der Waals surface area contributed by atoms with E-state index in [4.69, 9.17) is 17.2 Å². The number of hydrogen-bond donors (Lipinski definition) is 0. The molecule has 0 aromatic carbocycles. The highest BCUT2D eigenvalue weighted by Gasteiger charge is 2.33. The molecule has 32 heavy (non-hydrogen) atoms. The lowest BCUT2D eigenvalue weighted by Crippen LogP contribution is -2.45. The van der Waals surface area contributed by atoms with Gasteiger partial charge in [-0.1, -0.05) is 43.9 Å². The average Bonchev–Trinajstić information content (AvgIpc) is 3.02. The molecule has 4 rings (SSSR count). The number of pyridine rings is 1. The number of hydrogen-bond acceptors (Lipinski definition) is 7. The molecule has 9 heteroatoms. The SMILES string of the molecule is Cc1cccn2c(=O)c(C=C3SC(=S)N(CCC(C)C)C3=O)c(N3CCN(C)CC3)nc12. The van der Waals surface area contributed by atoms with Crippen LogP contribution in [0, 0.1) is 12.8 Å². The fraction of sp³-hybridized carbons (Fsp3) is 0.478. The molecule has 4 heterocycles. The minimum Gasteiger partial charge on any atom is -0.353 e. The number of anilines is 1. The second-order valence-corrected chi connectivity index (χ2v) is 10.5. The van der Waals surface area contributed by atoms with E-state index in [1.165, 1.54) is 11.8 Å². The van der Waals surface area contributed by atoms with Gasteiger partial charge in [0.15, 0.2) is 0 Å². The molecular formula is C23H29N5O2S2. The number of nitrogens with zero attached hydrogens (tertiary/aromatic N) is 5. The maximum absolute atomic E-state index is 13.6. The summed E-state index contributed by atoms with van der Waals surface area (Å²) >= 11 is 6.74. The van der Waals surface area contributed by atoms with Crippen LogP contribution in [-0.4, -0.2) is 69.2 Å². The number of rotatable bonds is 5. The highest BCUT2D eigenvalue weighted by atomic mass is 32.2. The van der Waals surface area contributed by atoms with Gasteiger partial charge in [-0.2, -0.15) is 0 Å². The molecule has 0 N–H and O–H groups in total.